The zero-order chi connectivity index (χ0) is 24.8. The normalized spacial score (nSPS) is 8.17. The molecule has 0 aliphatic rings. The summed E-state index contributed by atoms with van der Waals surface area (Å²) in [7, 11) is 0. The van der Waals surface area contributed by atoms with E-state index in [1.165, 1.54) is 12.6 Å². The van der Waals surface area contributed by atoms with Crippen molar-refractivity contribution >= 4 is 30.1 Å². The number of carbonyl (C=O) groups is 4. The number of nitrogens with one attached hydrogen (secondary N) is 4. The molecular weight excluding hydrogens is 400 g/mol. The van der Waals surface area contributed by atoms with Crippen molar-refractivity contribution in [3.8, 4) is 0 Å². The summed E-state index contributed by atoms with van der Waals surface area (Å²) >= 11 is 0. The standard InChI is InChI=1S/C10H24N4.4C2H4O2/c1-2-12-7-4-8-14-10-9-13-6-3-5-11;4*1-2(3)4/h5,11-14H,2-4,6-10H2,1H3;4*1H3,(H,3,4). The van der Waals surface area contributed by atoms with Crippen molar-refractivity contribution < 1.29 is 39.6 Å². The second-order valence-corrected chi connectivity index (χ2v) is 5.28. The van der Waals surface area contributed by atoms with E-state index in [4.69, 9.17) is 45.0 Å². The van der Waals surface area contributed by atoms with Gasteiger partial charge in [0.25, 0.3) is 23.9 Å². The maximum Gasteiger partial charge on any atom is 0.300 e. The molecule has 0 unspecified atom stereocenters. The number of hydrogen-bond acceptors (Lipinski definition) is 8. The van der Waals surface area contributed by atoms with Crippen LogP contribution in [-0.4, -0.2) is 89.8 Å². The van der Waals surface area contributed by atoms with Crippen molar-refractivity contribution in [2.24, 2.45) is 0 Å². The number of carboxylic acid groups (broad SMARTS) is 4. The zero-order valence-corrected chi connectivity index (χ0v) is 18.7. The van der Waals surface area contributed by atoms with Crippen molar-refractivity contribution in [1.82, 2.24) is 16.0 Å². The van der Waals surface area contributed by atoms with E-state index in [-0.39, 0.29) is 0 Å². The lowest BCUT2D eigenvalue weighted by molar-refractivity contribution is -0.135. The Morgan fingerprint density at radius 2 is 0.967 bits per heavy atom. The van der Waals surface area contributed by atoms with Crippen LogP contribution in [0.2, 0.25) is 0 Å². The second-order valence-electron chi connectivity index (χ2n) is 5.28. The molecule has 0 rings (SSSR count). The van der Waals surface area contributed by atoms with Crippen molar-refractivity contribution in [1.29, 1.82) is 5.41 Å². The van der Waals surface area contributed by atoms with E-state index in [9.17, 15) is 0 Å². The van der Waals surface area contributed by atoms with E-state index in [0.717, 1.165) is 73.4 Å². The van der Waals surface area contributed by atoms with Gasteiger partial charge in [0.15, 0.2) is 0 Å². The fraction of sp³-hybridized carbons (Fsp3) is 0.722. The molecule has 0 saturated heterocycles. The van der Waals surface area contributed by atoms with Crippen LogP contribution in [0.15, 0.2) is 0 Å². The lowest BCUT2D eigenvalue weighted by atomic mass is 10.4. The van der Waals surface area contributed by atoms with Gasteiger partial charge in [-0.1, -0.05) is 6.92 Å². The Kier molecular flexibility index (Phi) is 47.2. The van der Waals surface area contributed by atoms with Crippen LogP contribution < -0.4 is 16.0 Å². The SMILES string of the molecule is CC(=O)O.CC(=O)O.CC(=O)O.CC(=O)O.CCNCCCNCCNCCC=N. The van der Waals surface area contributed by atoms with Gasteiger partial charge in [0.1, 0.15) is 0 Å². The molecule has 0 aromatic rings. The maximum absolute atomic E-state index is 9.00. The first-order chi connectivity index (χ1) is 13.8. The monoisotopic (exact) mass is 440 g/mol. The van der Waals surface area contributed by atoms with Gasteiger partial charge in [-0.2, -0.15) is 0 Å². The lowest BCUT2D eigenvalue weighted by Crippen LogP contribution is -2.29. The predicted molar refractivity (Wildman–Crippen MR) is 116 cm³/mol. The van der Waals surface area contributed by atoms with E-state index in [0.29, 0.717) is 0 Å². The average molecular weight is 441 g/mol. The average Bonchev–Trinajstić information content (AvgIpc) is 2.54. The van der Waals surface area contributed by atoms with E-state index < -0.39 is 23.9 Å². The zero-order valence-electron chi connectivity index (χ0n) is 18.7. The molecule has 0 atom stereocenters. The molecular formula is C18H40N4O8. The molecule has 12 heteroatoms. The molecule has 0 aliphatic carbocycles. The largest absolute Gasteiger partial charge is 0.481 e. The number of carboxylic acids is 4. The third kappa shape index (κ3) is 214. The van der Waals surface area contributed by atoms with Crippen molar-refractivity contribution in [2.45, 2.75) is 47.5 Å². The van der Waals surface area contributed by atoms with E-state index >= 15 is 0 Å². The summed E-state index contributed by atoms with van der Waals surface area (Å²) in [5.41, 5.74) is 0. The van der Waals surface area contributed by atoms with Crippen LogP contribution >= 0.6 is 0 Å². The van der Waals surface area contributed by atoms with Gasteiger partial charge in [-0.25, -0.2) is 0 Å². The highest BCUT2D eigenvalue weighted by Crippen LogP contribution is 1.72. The summed E-state index contributed by atoms with van der Waals surface area (Å²) < 4.78 is 0. The highest BCUT2D eigenvalue weighted by atomic mass is 16.4. The first-order valence-electron chi connectivity index (χ1n) is 9.24. The van der Waals surface area contributed by atoms with Crippen LogP contribution in [0.4, 0.5) is 0 Å². The van der Waals surface area contributed by atoms with Gasteiger partial charge in [-0.05, 0) is 38.7 Å². The lowest BCUT2D eigenvalue weighted by Gasteiger charge is -2.05. The van der Waals surface area contributed by atoms with Gasteiger partial charge in [-0.15, -0.1) is 0 Å². The Labute approximate surface area is 178 Å². The minimum atomic E-state index is -0.833. The van der Waals surface area contributed by atoms with Crippen molar-refractivity contribution in [2.75, 3.05) is 39.3 Å². The third-order valence-corrected chi connectivity index (χ3v) is 1.90. The van der Waals surface area contributed by atoms with Gasteiger partial charge >= 0.3 is 0 Å². The van der Waals surface area contributed by atoms with E-state index in [1.54, 1.807) is 0 Å². The minimum Gasteiger partial charge on any atom is -0.481 e. The second kappa shape index (κ2) is 37.2. The van der Waals surface area contributed by atoms with Crippen LogP contribution in [0.1, 0.15) is 47.5 Å². The van der Waals surface area contributed by atoms with Gasteiger partial charge in [-0.3, -0.25) is 19.2 Å². The topological polar surface area (TPSA) is 209 Å². The molecule has 0 bridgehead atoms. The molecule has 12 nitrogen and oxygen atoms in total. The van der Waals surface area contributed by atoms with Gasteiger partial charge in [0, 0.05) is 47.3 Å². The first kappa shape index (κ1) is 38.1. The molecule has 0 amide bonds. The van der Waals surface area contributed by atoms with Crippen molar-refractivity contribution in [3.63, 3.8) is 0 Å². The molecule has 0 spiro atoms. The third-order valence-electron chi connectivity index (χ3n) is 1.90. The van der Waals surface area contributed by atoms with Crippen LogP contribution in [0.3, 0.4) is 0 Å². The van der Waals surface area contributed by atoms with E-state index in [1.807, 2.05) is 0 Å². The Balaban J connectivity index is -0.000000106. The Bertz CT molecular complexity index is 357. The molecule has 0 radical (unpaired) electrons. The Morgan fingerprint density at radius 3 is 1.27 bits per heavy atom. The van der Waals surface area contributed by atoms with Gasteiger partial charge < -0.3 is 41.8 Å². The molecule has 0 fully saturated rings. The quantitative estimate of drug-likeness (QED) is 0.164. The van der Waals surface area contributed by atoms with Crippen LogP contribution in [0, 0.1) is 5.41 Å². The molecule has 180 valence electrons. The van der Waals surface area contributed by atoms with Crippen LogP contribution in [0.5, 0.6) is 0 Å². The number of rotatable bonds is 11. The van der Waals surface area contributed by atoms with Crippen LogP contribution in [0.25, 0.3) is 0 Å². The smallest absolute Gasteiger partial charge is 0.300 e. The van der Waals surface area contributed by atoms with Gasteiger partial charge in [0.05, 0.1) is 0 Å². The maximum atomic E-state index is 9.00. The fourth-order valence-electron chi connectivity index (χ4n) is 1.12. The Hall–Kier alpha value is -2.57. The molecule has 0 aromatic heterocycles. The summed E-state index contributed by atoms with van der Waals surface area (Å²) in [5, 5.41) is 46.4. The Morgan fingerprint density at radius 1 is 0.667 bits per heavy atom. The highest BCUT2D eigenvalue weighted by molar-refractivity contribution is 5.63. The summed E-state index contributed by atoms with van der Waals surface area (Å²) in [4.78, 5) is 36.0. The summed E-state index contributed by atoms with van der Waals surface area (Å²) in [5.74, 6) is -3.33. The minimum absolute atomic E-state index is 0.833. The van der Waals surface area contributed by atoms with Gasteiger partial charge in [0.2, 0.25) is 0 Å². The molecule has 30 heavy (non-hydrogen) atoms. The van der Waals surface area contributed by atoms with Crippen molar-refractivity contribution in [3.05, 3.63) is 0 Å². The summed E-state index contributed by atoms with van der Waals surface area (Å²) in [6, 6.07) is 0. The fourth-order valence-corrected chi connectivity index (χ4v) is 1.12. The molecule has 0 heterocycles. The first-order valence-corrected chi connectivity index (χ1v) is 9.24. The number of aliphatic carboxylic acids is 4. The van der Waals surface area contributed by atoms with E-state index in [2.05, 4.69) is 22.9 Å². The number of hydrogen-bond donors (Lipinski definition) is 8. The molecule has 0 aliphatic heterocycles. The molecule has 0 aromatic carbocycles. The molecule has 0 saturated carbocycles. The summed E-state index contributed by atoms with van der Waals surface area (Å²) in [6.45, 7) is 12.6. The van der Waals surface area contributed by atoms with Crippen LogP contribution in [-0.2, 0) is 19.2 Å². The predicted octanol–water partition coefficient (Wildman–Crippen LogP) is 0.568. The molecule has 8 N–H and O–H groups in total. The summed E-state index contributed by atoms with van der Waals surface area (Å²) in [6.07, 6.45) is 3.46. The highest BCUT2D eigenvalue weighted by Gasteiger charge is 1.88.